The Labute approximate surface area is 119 Å². The molecule has 1 aliphatic rings. The number of hydrogen-bond acceptors (Lipinski definition) is 2. The molecule has 1 aromatic rings. The Bertz CT molecular complexity index is 412. The molecule has 2 rings (SSSR count). The van der Waals surface area contributed by atoms with Crippen LogP contribution in [-0.4, -0.2) is 37.0 Å². The molecule has 3 nitrogen and oxygen atoms in total. The maximum Gasteiger partial charge on any atom is 0.255 e. The lowest BCUT2D eigenvalue weighted by molar-refractivity contribution is 0.0698. The second-order valence-corrected chi connectivity index (χ2v) is 4.77. The highest BCUT2D eigenvalue weighted by molar-refractivity contribution is 6.33. The number of likely N-dealkylation sites (tertiary alicyclic amines) is 1. The van der Waals surface area contributed by atoms with Gasteiger partial charge in [0.25, 0.3) is 5.91 Å². The van der Waals surface area contributed by atoms with Crippen LogP contribution in [0.2, 0.25) is 5.02 Å². The molecule has 0 aromatic heterocycles. The molecule has 18 heavy (non-hydrogen) atoms. The molecule has 0 radical (unpaired) electrons. The number of carbonyl (C=O) groups excluding carboxylic acids is 1. The highest BCUT2D eigenvalue weighted by Crippen LogP contribution is 2.19. The second kappa shape index (κ2) is 6.98. The lowest BCUT2D eigenvalue weighted by atomic mass is 10.0. The van der Waals surface area contributed by atoms with Crippen molar-refractivity contribution >= 4 is 29.9 Å². The molecule has 1 unspecified atom stereocenters. The van der Waals surface area contributed by atoms with E-state index in [1.165, 1.54) is 0 Å². The molecule has 1 heterocycles. The Kier molecular flexibility index (Phi) is 5.93. The molecule has 100 valence electrons. The van der Waals surface area contributed by atoms with Gasteiger partial charge in [-0.3, -0.25) is 4.79 Å². The second-order valence-electron chi connectivity index (χ2n) is 4.36. The third kappa shape index (κ3) is 3.37. The van der Waals surface area contributed by atoms with Crippen LogP contribution in [0.4, 0.5) is 0 Å². The normalized spacial score (nSPS) is 19.2. The van der Waals surface area contributed by atoms with Gasteiger partial charge >= 0.3 is 0 Å². The predicted molar refractivity (Wildman–Crippen MR) is 76.7 cm³/mol. The fourth-order valence-electron chi connectivity index (χ4n) is 2.20. The first-order valence-electron chi connectivity index (χ1n) is 5.93. The van der Waals surface area contributed by atoms with Gasteiger partial charge in [-0.05, 0) is 32.0 Å². The van der Waals surface area contributed by atoms with Crippen molar-refractivity contribution in [3.05, 3.63) is 34.9 Å². The minimum atomic E-state index is 0. The number of nitrogens with one attached hydrogen (secondary N) is 1. The number of carbonyl (C=O) groups is 1. The Balaban J connectivity index is 0.00000162. The average molecular weight is 289 g/mol. The van der Waals surface area contributed by atoms with E-state index >= 15 is 0 Å². The SMILES string of the molecule is CNC1CCCN(C(=O)c2ccccc2Cl)C1.Cl. The number of benzene rings is 1. The Morgan fingerprint density at radius 1 is 1.44 bits per heavy atom. The van der Waals surface area contributed by atoms with Gasteiger partial charge < -0.3 is 10.2 Å². The maximum atomic E-state index is 12.3. The number of halogens is 2. The summed E-state index contributed by atoms with van der Waals surface area (Å²) in [6, 6.07) is 7.63. The van der Waals surface area contributed by atoms with Gasteiger partial charge in [-0.2, -0.15) is 0 Å². The predicted octanol–water partition coefficient (Wildman–Crippen LogP) is 2.59. The van der Waals surface area contributed by atoms with Crippen molar-refractivity contribution in [3.8, 4) is 0 Å². The highest BCUT2D eigenvalue weighted by atomic mass is 35.5. The van der Waals surface area contributed by atoms with Crippen molar-refractivity contribution in [2.45, 2.75) is 18.9 Å². The molecule has 1 amide bonds. The third-order valence-corrected chi connectivity index (χ3v) is 3.55. The number of rotatable bonds is 2. The van der Waals surface area contributed by atoms with Crippen LogP contribution in [-0.2, 0) is 0 Å². The zero-order valence-electron chi connectivity index (χ0n) is 10.4. The summed E-state index contributed by atoms with van der Waals surface area (Å²) in [7, 11) is 1.94. The van der Waals surface area contributed by atoms with Crippen molar-refractivity contribution in [2.75, 3.05) is 20.1 Å². The number of hydrogen-bond donors (Lipinski definition) is 1. The zero-order chi connectivity index (χ0) is 12.3. The van der Waals surface area contributed by atoms with Gasteiger partial charge in [0.2, 0.25) is 0 Å². The van der Waals surface area contributed by atoms with Gasteiger partial charge in [0.15, 0.2) is 0 Å². The van der Waals surface area contributed by atoms with Crippen molar-refractivity contribution in [3.63, 3.8) is 0 Å². The number of piperidine rings is 1. The quantitative estimate of drug-likeness (QED) is 0.907. The molecule has 0 aliphatic carbocycles. The van der Waals surface area contributed by atoms with Gasteiger partial charge in [-0.1, -0.05) is 23.7 Å². The van der Waals surface area contributed by atoms with Gasteiger partial charge in [0.05, 0.1) is 10.6 Å². The molecule has 0 spiro atoms. The highest BCUT2D eigenvalue weighted by Gasteiger charge is 2.24. The Morgan fingerprint density at radius 2 is 2.17 bits per heavy atom. The molecule has 1 atom stereocenters. The van der Waals surface area contributed by atoms with E-state index in [9.17, 15) is 4.79 Å². The standard InChI is InChI=1S/C13H17ClN2O.ClH/c1-15-10-5-4-8-16(9-10)13(17)11-6-2-3-7-12(11)14;/h2-3,6-7,10,15H,4-5,8-9H2,1H3;1H. The van der Waals surface area contributed by atoms with Crippen LogP contribution < -0.4 is 5.32 Å². The third-order valence-electron chi connectivity index (χ3n) is 3.22. The summed E-state index contributed by atoms with van der Waals surface area (Å²) in [6.07, 6.45) is 2.17. The zero-order valence-corrected chi connectivity index (χ0v) is 11.9. The first kappa shape index (κ1) is 15.3. The number of nitrogens with zero attached hydrogens (tertiary/aromatic N) is 1. The molecular weight excluding hydrogens is 271 g/mol. The van der Waals surface area contributed by atoms with E-state index in [1.54, 1.807) is 12.1 Å². The molecule has 1 aromatic carbocycles. The summed E-state index contributed by atoms with van der Waals surface area (Å²) in [5.74, 6) is 0.0375. The van der Waals surface area contributed by atoms with Crippen LogP contribution in [0.1, 0.15) is 23.2 Å². The van der Waals surface area contributed by atoms with Crippen molar-refractivity contribution in [2.24, 2.45) is 0 Å². The van der Waals surface area contributed by atoms with Gasteiger partial charge in [0, 0.05) is 19.1 Å². The first-order valence-corrected chi connectivity index (χ1v) is 6.31. The van der Waals surface area contributed by atoms with E-state index in [0.29, 0.717) is 16.6 Å². The van der Waals surface area contributed by atoms with Gasteiger partial charge in [-0.15, -0.1) is 12.4 Å². The summed E-state index contributed by atoms with van der Waals surface area (Å²) in [5, 5.41) is 3.76. The molecule has 0 saturated carbocycles. The number of likely N-dealkylation sites (N-methyl/N-ethyl adjacent to an activating group) is 1. The van der Waals surface area contributed by atoms with Gasteiger partial charge in [0.1, 0.15) is 0 Å². The average Bonchev–Trinajstić information content (AvgIpc) is 2.38. The molecule has 0 bridgehead atoms. The van der Waals surface area contributed by atoms with E-state index in [0.717, 1.165) is 25.9 Å². The van der Waals surface area contributed by atoms with Crippen molar-refractivity contribution in [1.29, 1.82) is 0 Å². The van der Waals surface area contributed by atoms with E-state index in [2.05, 4.69) is 5.32 Å². The molecule has 5 heteroatoms. The molecule has 1 saturated heterocycles. The molecular formula is C13H18Cl2N2O. The first-order chi connectivity index (χ1) is 8.22. The minimum Gasteiger partial charge on any atom is -0.337 e. The lowest BCUT2D eigenvalue weighted by Gasteiger charge is -2.32. The largest absolute Gasteiger partial charge is 0.337 e. The summed E-state index contributed by atoms with van der Waals surface area (Å²) in [4.78, 5) is 14.2. The van der Waals surface area contributed by atoms with Crippen LogP contribution >= 0.6 is 24.0 Å². The number of amides is 1. The lowest BCUT2D eigenvalue weighted by Crippen LogP contribution is -2.47. The van der Waals surface area contributed by atoms with Crippen molar-refractivity contribution < 1.29 is 4.79 Å². The minimum absolute atomic E-state index is 0. The smallest absolute Gasteiger partial charge is 0.255 e. The van der Waals surface area contributed by atoms with E-state index in [-0.39, 0.29) is 18.3 Å². The summed E-state index contributed by atoms with van der Waals surface area (Å²) in [5.41, 5.74) is 0.603. The topological polar surface area (TPSA) is 32.3 Å². The Hall–Kier alpha value is -0.770. The van der Waals surface area contributed by atoms with Crippen LogP contribution in [0.25, 0.3) is 0 Å². The molecule has 1 aliphatic heterocycles. The van der Waals surface area contributed by atoms with Gasteiger partial charge in [-0.25, -0.2) is 0 Å². The fourth-order valence-corrected chi connectivity index (χ4v) is 2.42. The summed E-state index contributed by atoms with van der Waals surface area (Å²) in [6.45, 7) is 1.59. The van der Waals surface area contributed by atoms with Crippen LogP contribution in [0.5, 0.6) is 0 Å². The van der Waals surface area contributed by atoms with Crippen LogP contribution in [0.3, 0.4) is 0 Å². The Morgan fingerprint density at radius 3 is 2.83 bits per heavy atom. The van der Waals surface area contributed by atoms with Crippen molar-refractivity contribution in [1.82, 2.24) is 10.2 Å². The maximum absolute atomic E-state index is 12.3. The summed E-state index contributed by atoms with van der Waals surface area (Å²) < 4.78 is 0. The molecule has 1 fully saturated rings. The van der Waals surface area contributed by atoms with E-state index in [4.69, 9.17) is 11.6 Å². The van der Waals surface area contributed by atoms with E-state index in [1.807, 2.05) is 24.1 Å². The monoisotopic (exact) mass is 288 g/mol. The van der Waals surface area contributed by atoms with Crippen LogP contribution in [0.15, 0.2) is 24.3 Å². The van der Waals surface area contributed by atoms with Crippen LogP contribution in [0, 0.1) is 0 Å². The summed E-state index contributed by atoms with van der Waals surface area (Å²) >= 11 is 6.05. The van der Waals surface area contributed by atoms with E-state index < -0.39 is 0 Å². The fraction of sp³-hybridized carbons (Fsp3) is 0.462. The molecule has 1 N–H and O–H groups in total.